The molecule has 2 heterocycles. The Morgan fingerprint density at radius 1 is 1.17 bits per heavy atom. The van der Waals surface area contributed by atoms with E-state index in [9.17, 15) is 13.2 Å². The van der Waals surface area contributed by atoms with Crippen LogP contribution in [0.15, 0.2) is 47.5 Å². The lowest BCUT2D eigenvalue weighted by Gasteiger charge is -2.31. The molecule has 0 N–H and O–H groups in total. The Bertz CT molecular complexity index is 758. The Kier molecular flexibility index (Phi) is 3.83. The zero-order chi connectivity index (χ0) is 16.7. The highest BCUT2D eigenvalue weighted by Gasteiger charge is 2.32. The molecule has 3 nitrogen and oxygen atoms in total. The highest BCUT2D eigenvalue weighted by molar-refractivity contribution is 8.00. The van der Waals surface area contributed by atoms with Crippen LogP contribution in [0.3, 0.4) is 0 Å². The maximum absolute atomic E-state index is 12.6. The van der Waals surface area contributed by atoms with Crippen molar-refractivity contribution in [3.8, 4) is 5.75 Å². The molecule has 1 aromatic carbocycles. The average Bonchev–Trinajstić information content (AvgIpc) is 2.45. The van der Waals surface area contributed by atoms with E-state index >= 15 is 0 Å². The van der Waals surface area contributed by atoms with Crippen LogP contribution >= 0.6 is 11.8 Å². The molecular weight excluding hydrogens is 325 g/mol. The molecule has 3 rings (SSSR count). The number of nitrogens with zero attached hydrogens (tertiary/aromatic N) is 2. The molecule has 0 unspecified atom stereocenters. The number of fused-ring (bicyclic) bond motifs is 1. The quantitative estimate of drug-likeness (QED) is 0.744. The molecule has 2 aromatic rings. The van der Waals surface area contributed by atoms with Gasteiger partial charge in [-0.25, -0.2) is 0 Å². The van der Waals surface area contributed by atoms with E-state index in [1.807, 2.05) is 19.9 Å². The first-order valence-corrected chi connectivity index (χ1v) is 7.65. The van der Waals surface area contributed by atoms with Crippen LogP contribution < -0.4 is 4.74 Å². The summed E-state index contributed by atoms with van der Waals surface area (Å²) < 4.78 is 43.7. The van der Waals surface area contributed by atoms with E-state index in [2.05, 4.69) is 10.2 Å². The average molecular weight is 338 g/mol. The smallest absolute Gasteiger partial charge is 0.446 e. The van der Waals surface area contributed by atoms with Crippen molar-refractivity contribution in [3.63, 3.8) is 0 Å². The van der Waals surface area contributed by atoms with Crippen molar-refractivity contribution in [3.05, 3.63) is 53.9 Å². The molecule has 1 aromatic heterocycles. The second-order valence-corrected chi connectivity index (χ2v) is 6.72. The number of benzene rings is 1. The second kappa shape index (κ2) is 5.56. The molecule has 23 heavy (non-hydrogen) atoms. The summed E-state index contributed by atoms with van der Waals surface area (Å²) in [6, 6.07) is 7.96. The Morgan fingerprint density at radius 3 is 2.61 bits per heavy atom. The molecule has 0 spiro atoms. The van der Waals surface area contributed by atoms with Crippen LogP contribution in [-0.2, 0) is 0 Å². The minimum absolute atomic E-state index is 0.106. The van der Waals surface area contributed by atoms with Gasteiger partial charge >= 0.3 is 5.51 Å². The Morgan fingerprint density at radius 2 is 1.96 bits per heavy atom. The van der Waals surface area contributed by atoms with Gasteiger partial charge in [-0.15, -0.1) is 0 Å². The third kappa shape index (κ3) is 3.67. The van der Waals surface area contributed by atoms with Crippen LogP contribution in [0.25, 0.3) is 5.57 Å². The summed E-state index contributed by atoms with van der Waals surface area (Å²) in [5.41, 5.74) is -3.02. The zero-order valence-electron chi connectivity index (χ0n) is 12.4. The van der Waals surface area contributed by atoms with Crippen molar-refractivity contribution in [1.82, 2.24) is 10.2 Å². The number of hydrogen-bond acceptors (Lipinski definition) is 4. The highest BCUT2D eigenvalue weighted by atomic mass is 32.2. The first-order valence-electron chi connectivity index (χ1n) is 6.84. The van der Waals surface area contributed by atoms with Gasteiger partial charge in [0.15, 0.2) is 0 Å². The van der Waals surface area contributed by atoms with Gasteiger partial charge < -0.3 is 4.74 Å². The molecule has 7 heteroatoms. The summed E-state index contributed by atoms with van der Waals surface area (Å²) in [5, 5.41) is 7.91. The summed E-state index contributed by atoms with van der Waals surface area (Å²) in [7, 11) is 0. The number of hydrogen-bond donors (Lipinski definition) is 0. The molecule has 0 bridgehead atoms. The number of rotatable bonds is 2. The fourth-order valence-corrected chi connectivity index (χ4v) is 2.98. The van der Waals surface area contributed by atoms with E-state index in [1.165, 1.54) is 12.1 Å². The number of aromatic nitrogens is 2. The summed E-state index contributed by atoms with van der Waals surface area (Å²) in [6.07, 6.45) is 3.40. The monoisotopic (exact) mass is 338 g/mol. The number of thioether (sulfide) groups is 1. The molecule has 0 aliphatic carbocycles. The van der Waals surface area contributed by atoms with E-state index < -0.39 is 11.1 Å². The topological polar surface area (TPSA) is 35.0 Å². The molecule has 0 amide bonds. The van der Waals surface area contributed by atoms with Crippen LogP contribution in [0.2, 0.25) is 0 Å². The van der Waals surface area contributed by atoms with Crippen LogP contribution in [0.4, 0.5) is 13.2 Å². The van der Waals surface area contributed by atoms with Gasteiger partial charge in [-0.3, -0.25) is 0 Å². The highest BCUT2D eigenvalue weighted by Crippen LogP contribution is 2.43. The van der Waals surface area contributed by atoms with Crippen molar-refractivity contribution < 1.29 is 17.9 Å². The SMILES string of the molecule is CC1(C)C=C(c2cccnn2)c2cc(SC(F)(F)F)ccc2O1. The predicted octanol–water partition coefficient (Wildman–Crippen LogP) is 4.69. The molecule has 120 valence electrons. The first kappa shape index (κ1) is 15.9. The van der Waals surface area contributed by atoms with Gasteiger partial charge in [-0.2, -0.15) is 23.4 Å². The molecule has 1 aliphatic heterocycles. The first-order chi connectivity index (χ1) is 10.7. The molecule has 0 saturated carbocycles. The standard InChI is InChI=1S/C16H13F3N2OS/c1-15(2)9-12(13-4-3-7-20-21-13)11-8-10(23-16(17,18)19)5-6-14(11)22-15/h3-9H,1-2H3. The third-order valence-electron chi connectivity index (χ3n) is 3.19. The molecule has 1 aliphatic rings. The summed E-state index contributed by atoms with van der Waals surface area (Å²) in [6.45, 7) is 3.76. The van der Waals surface area contributed by atoms with Crippen LogP contribution in [0.5, 0.6) is 5.75 Å². The van der Waals surface area contributed by atoms with Crippen molar-refractivity contribution in [2.45, 2.75) is 29.9 Å². The van der Waals surface area contributed by atoms with Crippen LogP contribution in [0, 0.1) is 0 Å². The maximum atomic E-state index is 12.6. The minimum atomic E-state index is -4.33. The molecule has 0 radical (unpaired) electrons. The molecule has 0 atom stereocenters. The van der Waals surface area contributed by atoms with Gasteiger partial charge in [0.05, 0.1) is 5.69 Å². The Labute approximate surface area is 135 Å². The fraction of sp³-hybridized carbons (Fsp3) is 0.250. The lowest BCUT2D eigenvalue weighted by molar-refractivity contribution is -0.0328. The summed E-state index contributed by atoms with van der Waals surface area (Å²) in [4.78, 5) is 0.106. The van der Waals surface area contributed by atoms with E-state index in [0.29, 0.717) is 22.6 Å². The van der Waals surface area contributed by atoms with Gasteiger partial charge in [0.25, 0.3) is 0 Å². The number of halogens is 3. The van der Waals surface area contributed by atoms with Gasteiger partial charge in [-0.05, 0) is 62.0 Å². The van der Waals surface area contributed by atoms with Crippen molar-refractivity contribution in [2.24, 2.45) is 0 Å². The van der Waals surface area contributed by atoms with Gasteiger partial charge in [0.1, 0.15) is 11.4 Å². The minimum Gasteiger partial charge on any atom is -0.483 e. The van der Waals surface area contributed by atoms with E-state index in [0.717, 1.165) is 0 Å². The Balaban J connectivity index is 2.10. The fourth-order valence-electron chi connectivity index (χ4n) is 2.40. The van der Waals surface area contributed by atoms with Gasteiger partial charge in [0.2, 0.25) is 0 Å². The maximum Gasteiger partial charge on any atom is 0.446 e. The van der Waals surface area contributed by atoms with Crippen LogP contribution in [-0.4, -0.2) is 21.3 Å². The van der Waals surface area contributed by atoms with E-state index in [4.69, 9.17) is 4.74 Å². The van der Waals surface area contributed by atoms with Crippen molar-refractivity contribution >= 4 is 17.3 Å². The van der Waals surface area contributed by atoms with Gasteiger partial charge in [0, 0.05) is 22.2 Å². The number of ether oxygens (including phenoxy) is 1. The normalized spacial score (nSPS) is 16.3. The number of alkyl halides is 3. The Hall–Kier alpha value is -2.02. The second-order valence-electron chi connectivity index (χ2n) is 5.58. The van der Waals surface area contributed by atoms with Gasteiger partial charge in [-0.1, -0.05) is 0 Å². The van der Waals surface area contributed by atoms with E-state index in [-0.39, 0.29) is 16.7 Å². The summed E-state index contributed by atoms with van der Waals surface area (Å²) in [5.74, 6) is 0.532. The third-order valence-corrected chi connectivity index (χ3v) is 3.91. The largest absolute Gasteiger partial charge is 0.483 e. The van der Waals surface area contributed by atoms with Crippen molar-refractivity contribution in [1.29, 1.82) is 0 Å². The summed E-state index contributed by atoms with van der Waals surface area (Å²) >= 11 is -0.148. The van der Waals surface area contributed by atoms with Crippen molar-refractivity contribution in [2.75, 3.05) is 0 Å². The molecule has 0 fully saturated rings. The predicted molar refractivity (Wildman–Crippen MR) is 82.2 cm³/mol. The zero-order valence-corrected chi connectivity index (χ0v) is 13.2. The lowest BCUT2D eigenvalue weighted by Crippen LogP contribution is -2.29. The lowest BCUT2D eigenvalue weighted by atomic mass is 9.92. The van der Waals surface area contributed by atoms with E-state index in [1.54, 1.807) is 24.4 Å². The van der Waals surface area contributed by atoms with Crippen LogP contribution in [0.1, 0.15) is 25.1 Å². The molecular formula is C16H13F3N2OS. The molecule has 0 saturated heterocycles.